The van der Waals surface area contributed by atoms with E-state index < -0.39 is 30.1 Å². The molecule has 0 radical (unpaired) electrons. The molecule has 0 unspecified atom stereocenters. The Balaban J connectivity index is 1.51. The average molecular weight is 539 g/mol. The Hall–Kier alpha value is -3.02. The van der Waals surface area contributed by atoms with Crippen LogP contribution in [0.2, 0.25) is 0 Å². The fraction of sp³-hybridized carbons (Fsp3) is 0.444. The molecule has 2 aliphatic heterocycles. The molecule has 0 bridgehead atoms. The van der Waals surface area contributed by atoms with Gasteiger partial charge in [-0.05, 0) is 51.2 Å². The number of benzene rings is 1. The van der Waals surface area contributed by atoms with E-state index in [1.165, 1.54) is 18.4 Å². The van der Waals surface area contributed by atoms with E-state index in [2.05, 4.69) is 9.97 Å². The maximum atomic E-state index is 16.1. The quantitative estimate of drug-likeness (QED) is 0.375. The van der Waals surface area contributed by atoms with Gasteiger partial charge < -0.3 is 23.9 Å². The SMILES string of the molecule is COC(=O)c1cc2c(B3OC(C)(C)C(C)(C)O3)cc(C3=CCCN(C(=O)CCc4nccs4)C3)c(F)c2[nH]1. The summed E-state index contributed by atoms with van der Waals surface area (Å²) in [5, 5.41) is 3.30. The highest BCUT2D eigenvalue weighted by atomic mass is 32.1. The number of hydrogen-bond donors (Lipinski definition) is 1. The maximum absolute atomic E-state index is 16.1. The molecule has 1 fully saturated rings. The molecule has 5 rings (SSSR count). The van der Waals surface area contributed by atoms with Gasteiger partial charge in [-0.2, -0.15) is 0 Å². The van der Waals surface area contributed by atoms with Crippen LogP contribution in [0, 0.1) is 5.82 Å². The van der Waals surface area contributed by atoms with Crippen molar-refractivity contribution in [2.24, 2.45) is 0 Å². The summed E-state index contributed by atoms with van der Waals surface area (Å²) in [7, 11) is 0.501. The van der Waals surface area contributed by atoms with Crippen LogP contribution in [0.25, 0.3) is 16.5 Å². The van der Waals surface area contributed by atoms with Crippen molar-refractivity contribution < 1.29 is 28.0 Å². The smallest absolute Gasteiger partial charge is 0.464 e. The molecule has 0 spiro atoms. The van der Waals surface area contributed by atoms with Crippen molar-refractivity contribution >= 4 is 52.3 Å². The molecule has 0 atom stereocenters. The number of ether oxygens (including phenoxy) is 1. The molecular formula is C27H31BFN3O5S. The largest absolute Gasteiger partial charge is 0.495 e. The number of nitrogens with zero attached hydrogens (tertiary/aromatic N) is 2. The van der Waals surface area contributed by atoms with Crippen LogP contribution in [0.4, 0.5) is 4.39 Å². The van der Waals surface area contributed by atoms with Crippen molar-refractivity contribution in [1.82, 2.24) is 14.9 Å². The summed E-state index contributed by atoms with van der Waals surface area (Å²) in [6, 6.07) is 3.29. The number of fused-ring (bicyclic) bond motifs is 1. The molecule has 0 saturated carbocycles. The van der Waals surface area contributed by atoms with Gasteiger partial charge in [0.1, 0.15) is 5.69 Å². The Morgan fingerprint density at radius 1 is 1.24 bits per heavy atom. The zero-order chi connectivity index (χ0) is 27.2. The van der Waals surface area contributed by atoms with Crippen molar-refractivity contribution in [3.05, 3.63) is 51.9 Å². The average Bonchev–Trinajstić information content (AvgIpc) is 3.61. The Morgan fingerprint density at radius 3 is 2.63 bits per heavy atom. The van der Waals surface area contributed by atoms with Crippen LogP contribution >= 0.6 is 11.3 Å². The van der Waals surface area contributed by atoms with Gasteiger partial charge >= 0.3 is 13.1 Å². The first-order valence-electron chi connectivity index (χ1n) is 12.7. The Kier molecular flexibility index (Phi) is 6.96. The summed E-state index contributed by atoms with van der Waals surface area (Å²) in [6.45, 7) is 8.65. The summed E-state index contributed by atoms with van der Waals surface area (Å²) in [5.74, 6) is -1.10. The minimum absolute atomic E-state index is 0.00585. The van der Waals surface area contributed by atoms with Crippen LogP contribution in [0.3, 0.4) is 0 Å². The Labute approximate surface area is 225 Å². The monoisotopic (exact) mass is 539 g/mol. The zero-order valence-corrected chi connectivity index (χ0v) is 23.0. The number of thiazole rings is 1. The predicted octanol–water partition coefficient (Wildman–Crippen LogP) is 4.10. The van der Waals surface area contributed by atoms with Gasteiger partial charge in [-0.3, -0.25) is 4.79 Å². The molecule has 0 aliphatic carbocycles. The van der Waals surface area contributed by atoms with E-state index in [1.54, 1.807) is 23.2 Å². The van der Waals surface area contributed by atoms with Gasteiger partial charge in [0.05, 0.1) is 28.8 Å². The number of halogens is 1. The van der Waals surface area contributed by atoms with Gasteiger partial charge in [0, 0.05) is 48.5 Å². The van der Waals surface area contributed by atoms with Crippen LogP contribution in [0.15, 0.2) is 29.8 Å². The van der Waals surface area contributed by atoms with E-state index >= 15 is 4.39 Å². The molecule has 4 heterocycles. The summed E-state index contributed by atoms with van der Waals surface area (Å²) in [6.07, 6.45) is 5.24. The number of methoxy groups -OCH3 is 1. The molecular weight excluding hydrogens is 508 g/mol. The van der Waals surface area contributed by atoms with Crippen LogP contribution in [0.5, 0.6) is 0 Å². The van der Waals surface area contributed by atoms with E-state index in [0.717, 1.165) is 5.01 Å². The molecule has 38 heavy (non-hydrogen) atoms. The second kappa shape index (κ2) is 9.94. The molecule has 2 aromatic heterocycles. The second-order valence-corrected chi connectivity index (χ2v) is 11.6. The standard InChI is InChI=1S/C27H31BFN3O5S/c1-26(2)27(3,4)37-28(36-26)19-13-17(23(29)24-18(19)14-20(31-24)25(34)35-5)16-7-6-11-32(15-16)22(33)9-8-21-30-10-12-38-21/h7,10,12-14,31H,6,8-9,11,15H2,1-5H3. The normalized spacial score (nSPS) is 18.6. The molecule has 1 aromatic carbocycles. The van der Waals surface area contributed by atoms with Gasteiger partial charge in [0.15, 0.2) is 5.82 Å². The molecule has 1 N–H and O–H groups in total. The third kappa shape index (κ3) is 4.78. The zero-order valence-electron chi connectivity index (χ0n) is 22.2. The second-order valence-electron chi connectivity index (χ2n) is 10.6. The van der Waals surface area contributed by atoms with Gasteiger partial charge in [-0.1, -0.05) is 12.1 Å². The highest BCUT2D eigenvalue weighted by Gasteiger charge is 2.52. The first-order chi connectivity index (χ1) is 18.0. The van der Waals surface area contributed by atoms with Crippen LogP contribution in [-0.2, 0) is 25.3 Å². The Bertz CT molecular complexity index is 1400. The summed E-state index contributed by atoms with van der Waals surface area (Å²) in [4.78, 5) is 34.2. The third-order valence-corrected chi connectivity index (χ3v) is 8.52. The van der Waals surface area contributed by atoms with Crippen molar-refractivity contribution in [2.75, 3.05) is 20.2 Å². The molecule has 11 heteroatoms. The van der Waals surface area contributed by atoms with Gasteiger partial charge in [-0.25, -0.2) is 14.2 Å². The minimum atomic E-state index is -0.775. The number of carbonyl (C=O) groups is 2. The Morgan fingerprint density at radius 2 is 1.97 bits per heavy atom. The van der Waals surface area contributed by atoms with E-state index in [1.807, 2.05) is 39.2 Å². The number of carbonyl (C=O) groups excluding carboxylic acids is 2. The van der Waals surface area contributed by atoms with E-state index in [4.69, 9.17) is 14.0 Å². The number of nitrogens with one attached hydrogen (secondary N) is 1. The van der Waals surface area contributed by atoms with Crippen molar-refractivity contribution in [1.29, 1.82) is 0 Å². The minimum Gasteiger partial charge on any atom is -0.464 e. The highest BCUT2D eigenvalue weighted by molar-refractivity contribution is 7.09. The maximum Gasteiger partial charge on any atom is 0.495 e. The van der Waals surface area contributed by atoms with Crippen molar-refractivity contribution in [3.63, 3.8) is 0 Å². The number of aryl methyl sites for hydroxylation is 1. The van der Waals surface area contributed by atoms with Gasteiger partial charge in [-0.15, -0.1) is 11.3 Å². The molecule has 1 saturated heterocycles. The van der Waals surface area contributed by atoms with Gasteiger partial charge in [0.2, 0.25) is 5.91 Å². The van der Waals surface area contributed by atoms with Crippen LogP contribution < -0.4 is 5.46 Å². The molecule has 200 valence electrons. The lowest BCUT2D eigenvalue weighted by atomic mass is 9.75. The van der Waals surface area contributed by atoms with Crippen LogP contribution in [0.1, 0.15) is 61.6 Å². The number of esters is 1. The first kappa shape index (κ1) is 26.6. The fourth-order valence-electron chi connectivity index (χ4n) is 4.81. The highest BCUT2D eigenvalue weighted by Crippen LogP contribution is 2.38. The summed E-state index contributed by atoms with van der Waals surface area (Å²) >= 11 is 1.53. The third-order valence-electron chi connectivity index (χ3n) is 7.68. The molecule has 8 nitrogen and oxygen atoms in total. The predicted molar refractivity (Wildman–Crippen MR) is 145 cm³/mol. The topological polar surface area (TPSA) is 93.8 Å². The van der Waals surface area contributed by atoms with Gasteiger partial charge in [0.25, 0.3) is 0 Å². The number of hydrogen-bond acceptors (Lipinski definition) is 7. The summed E-state index contributed by atoms with van der Waals surface area (Å²) < 4.78 is 33.5. The number of aromatic amines is 1. The number of aromatic nitrogens is 2. The first-order valence-corrected chi connectivity index (χ1v) is 13.5. The van der Waals surface area contributed by atoms with Crippen molar-refractivity contribution in [3.8, 4) is 0 Å². The van der Waals surface area contributed by atoms with E-state index in [-0.39, 0.29) is 23.7 Å². The van der Waals surface area contributed by atoms with Crippen LogP contribution in [-0.4, -0.2) is 65.3 Å². The lowest BCUT2D eigenvalue weighted by molar-refractivity contribution is -0.130. The number of amides is 1. The molecule has 3 aromatic rings. The van der Waals surface area contributed by atoms with E-state index in [0.29, 0.717) is 47.8 Å². The molecule has 1 amide bonds. The van der Waals surface area contributed by atoms with E-state index in [9.17, 15) is 9.59 Å². The lowest BCUT2D eigenvalue weighted by Gasteiger charge is -2.32. The molecule has 2 aliphatic rings. The van der Waals surface area contributed by atoms with Crippen molar-refractivity contribution in [2.45, 2.75) is 58.2 Å². The summed E-state index contributed by atoms with van der Waals surface area (Å²) in [5.41, 5.74) is 0.738. The number of H-pyrrole nitrogens is 1. The lowest BCUT2D eigenvalue weighted by Crippen LogP contribution is -2.41. The number of rotatable bonds is 6. The fourth-order valence-corrected chi connectivity index (χ4v) is 5.43.